The van der Waals surface area contributed by atoms with Crippen molar-refractivity contribution in [2.45, 2.75) is 12.2 Å². The van der Waals surface area contributed by atoms with Gasteiger partial charge in [-0.3, -0.25) is 14.9 Å². The Hall–Kier alpha value is -4.65. The van der Waals surface area contributed by atoms with Crippen molar-refractivity contribution in [1.82, 2.24) is 5.32 Å². The number of carbonyl (C=O) groups is 3. The van der Waals surface area contributed by atoms with Gasteiger partial charge in [0.2, 0.25) is 0 Å². The molecule has 1 aliphatic rings. The molecule has 7 nitrogen and oxygen atoms in total. The highest BCUT2D eigenvalue weighted by Crippen LogP contribution is 2.33. The molecule has 168 valence electrons. The lowest BCUT2D eigenvalue weighted by Crippen LogP contribution is -2.24. The summed E-state index contributed by atoms with van der Waals surface area (Å²) in [6.07, 6.45) is -0.585. The summed E-state index contributed by atoms with van der Waals surface area (Å²) in [4.78, 5) is 37.8. The quantitative estimate of drug-likeness (QED) is 0.324. The molecule has 4 aromatic rings. The summed E-state index contributed by atoms with van der Waals surface area (Å²) >= 11 is 0. The third-order valence-corrected chi connectivity index (χ3v) is 5.42. The molecule has 0 aliphatic carbocycles. The van der Waals surface area contributed by atoms with Crippen LogP contribution in [0, 0.1) is 0 Å². The number of imide groups is 1. The van der Waals surface area contributed by atoms with E-state index in [2.05, 4.69) is 5.32 Å². The SMILES string of the molecule is O=C1NC(=O)c2c(O[C@H](C(=O)OC(c3ccccc3)c3ccccc3)c3ccco3)cccc21. The molecule has 1 atom stereocenters. The van der Waals surface area contributed by atoms with Crippen molar-refractivity contribution < 1.29 is 28.3 Å². The minimum Gasteiger partial charge on any atom is -0.470 e. The lowest BCUT2D eigenvalue weighted by molar-refractivity contribution is -0.157. The first-order valence-electron chi connectivity index (χ1n) is 10.6. The zero-order valence-electron chi connectivity index (χ0n) is 17.8. The van der Waals surface area contributed by atoms with Crippen LogP contribution >= 0.6 is 0 Å². The van der Waals surface area contributed by atoms with Crippen LogP contribution in [0.2, 0.25) is 0 Å². The van der Waals surface area contributed by atoms with E-state index in [0.29, 0.717) is 0 Å². The highest BCUT2D eigenvalue weighted by Gasteiger charge is 2.35. The van der Waals surface area contributed by atoms with Gasteiger partial charge in [0.1, 0.15) is 5.75 Å². The van der Waals surface area contributed by atoms with Gasteiger partial charge >= 0.3 is 5.97 Å². The van der Waals surface area contributed by atoms with Crippen LogP contribution in [0.25, 0.3) is 0 Å². The summed E-state index contributed by atoms with van der Waals surface area (Å²) in [6, 6.07) is 26.5. The number of ether oxygens (including phenoxy) is 2. The van der Waals surface area contributed by atoms with E-state index in [1.807, 2.05) is 60.7 Å². The Morgan fingerprint density at radius 1 is 0.765 bits per heavy atom. The maximum absolute atomic E-state index is 13.5. The van der Waals surface area contributed by atoms with Crippen LogP contribution in [0.15, 0.2) is 102 Å². The second-order valence-corrected chi connectivity index (χ2v) is 7.61. The molecule has 7 heteroatoms. The summed E-state index contributed by atoms with van der Waals surface area (Å²) in [5.74, 6) is -1.54. The van der Waals surface area contributed by atoms with E-state index in [4.69, 9.17) is 13.9 Å². The smallest absolute Gasteiger partial charge is 0.356 e. The molecule has 0 fully saturated rings. The van der Waals surface area contributed by atoms with Crippen LogP contribution in [0.1, 0.15) is 49.8 Å². The molecular formula is C27H19NO6. The largest absolute Gasteiger partial charge is 0.470 e. The zero-order chi connectivity index (χ0) is 23.5. The number of hydrogen-bond acceptors (Lipinski definition) is 6. The maximum atomic E-state index is 13.5. The van der Waals surface area contributed by atoms with Crippen molar-refractivity contribution in [3.05, 3.63) is 125 Å². The molecule has 0 bridgehead atoms. The molecule has 0 radical (unpaired) electrons. The Bertz CT molecular complexity index is 1290. The standard InChI is InChI=1S/C27H19NO6/c29-25-19-13-7-14-20(22(19)26(30)28-25)33-24(21-15-8-16-32-21)27(31)34-23(17-9-3-1-4-10-17)18-11-5-2-6-12-18/h1-16,23-24H,(H,28,29,30)/t24-/m0/s1. The van der Waals surface area contributed by atoms with E-state index in [0.717, 1.165) is 11.1 Å². The van der Waals surface area contributed by atoms with Crippen molar-refractivity contribution in [3.8, 4) is 5.75 Å². The fourth-order valence-electron chi connectivity index (χ4n) is 3.84. The molecule has 5 rings (SSSR count). The van der Waals surface area contributed by atoms with Crippen molar-refractivity contribution in [2.24, 2.45) is 0 Å². The molecule has 1 N–H and O–H groups in total. The Balaban J connectivity index is 1.49. The first kappa shape index (κ1) is 21.2. The van der Waals surface area contributed by atoms with Crippen molar-refractivity contribution >= 4 is 17.8 Å². The molecule has 1 aliphatic heterocycles. The molecule has 0 saturated carbocycles. The number of hydrogen-bond donors (Lipinski definition) is 1. The molecule has 34 heavy (non-hydrogen) atoms. The summed E-state index contributed by atoms with van der Waals surface area (Å²) < 4.78 is 17.4. The predicted molar refractivity (Wildman–Crippen MR) is 121 cm³/mol. The third-order valence-electron chi connectivity index (χ3n) is 5.42. The molecule has 3 aromatic carbocycles. The zero-order valence-corrected chi connectivity index (χ0v) is 17.8. The van der Waals surface area contributed by atoms with Gasteiger partial charge in [0, 0.05) is 0 Å². The highest BCUT2D eigenvalue weighted by molar-refractivity contribution is 6.22. The third kappa shape index (κ3) is 4.06. The minimum atomic E-state index is -1.31. The first-order chi connectivity index (χ1) is 16.6. The number of rotatable bonds is 7. The van der Waals surface area contributed by atoms with Crippen LogP contribution in [0.4, 0.5) is 0 Å². The summed E-state index contributed by atoms with van der Waals surface area (Å²) in [5.41, 5.74) is 1.82. The van der Waals surface area contributed by atoms with Gasteiger partial charge in [-0.1, -0.05) is 66.7 Å². The number of nitrogens with one attached hydrogen (secondary N) is 1. The predicted octanol–water partition coefficient (Wildman–Crippen LogP) is 4.62. The monoisotopic (exact) mass is 453 g/mol. The number of esters is 1. The van der Waals surface area contributed by atoms with Gasteiger partial charge in [0.15, 0.2) is 11.9 Å². The maximum Gasteiger partial charge on any atom is 0.356 e. The van der Waals surface area contributed by atoms with E-state index < -0.39 is 30.0 Å². The Kier molecular flexibility index (Phi) is 5.66. The van der Waals surface area contributed by atoms with E-state index in [1.165, 1.54) is 18.4 Å². The lowest BCUT2D eigenvalue weighted by Gasteiger charge is -2.23. The lowest BCUT2D eigenvalue weighted by atomic mass is 10.0. The molecule has 1 aromatic heterocycles. The summed E-state index contributed by atoms with van der Waals surface area (Å²) in [7, 11) is 0. The van der Waals surface area contributed by atoms with Crippen molar-refractivity contribution in [1.29, 1.82) is 0 Å². The highest BCUT2D eigenvalue weighted by atomic mass is 16.6. The molecular weight excluding hydrogens is 434 g/mol. The second-order valence-electron chi connectivity index (χ2n) is 7.61. The van der Waals surface area contributed by atoms with Crippen LogP contribution in [-0.4, -0.2) is 17.8 Å². The summed E-state index contributed by atoms with van der Waals surface area (Å²) in [5, 5.41) is 2.24. The Morgan fingerprint density at radius 3 is 2.06 bits per heavy atom. The van der Waals surface area contributed by atoms with Crippen LogP contribution in [0.5, 0.6) is 5.75 Å². The number of furan rings is 1. The van der Waals surface area contributed by atoms with E-state index in [1.54, 1.807) is 18.2 Å². The fraction of sp³-hybridized carbons (Fsp3) is 0.0741. The van der Waals surface area contributed by atoms with Crippen LogP contribution < -0.4 is 10.1 Å². The van der Waals surface area contributed by atoms with Gasteiger partial charge in [0.25, 0.3) is 17.9 Å². The normalized spacial score (nSPS) is 13.3. The Morgan fingerprint density at radius 2 is 1.44 bits per heavy atom. The minimum absolute atomic E-state index is 0.0690. The number of amides is 2. The number of carbonyl (C=O) groups excluding carboxylic acids is 3. The van der Waals surface area contributed by atoms with Crippen LogP contribution in [-0.2, 0) is 9.53 Å². The van der Waals surface area contributed by atoms with Gasteiger partial charge in [-0.2, -0.15) is 0 Å². The number of fused-ring (bicyclic) bond motifs is 1. The molecule has 0 spiro atoms. The average Bonchev–Trinajstić information content (AvgIpc) is 3.50. The number of benzene rings is 3. The van der Waals surface area contributed by atoms with Gasteiger partial charge < -0.3 is 13.9 Å². The Labute approximate surface area is 194 Å². The van der Waals surface area contributed by atoms with E-state index in [-0.39, 0.29) is 22.6 Å². The van der Waals surface area contributed by atoms with Crippen molar-refractivity contribution in [2.75, 3.05) is 0 Å². The molecule has 0 unspecified atom stereocenters. The summed E-state index contributed by atoms with van der Waals surface area (Å²) in [6.45, 7) is 0. The average molecular weight is 453 g/mol. The van der Waals surface area contributed by atoms with E-state index in [9.17, 15) is 14.4 Å². The topological polar surface area (TPSA) is 94.8 Å². The van der Waals surface area contributed by atoms with Gasteiger partial charge in [-0.15, -0.1) is 0 Å². The van der Waals surface area contributed by atoms with Gasteiger partial charge in [-0.05, 0) is 35.4 Å². The molecule has 0 saturated heterocycles. The molecule has 2 amide bonds. The van der Waals surface area contributed by atoms with Gasteiger partial charge in [-0.25, -0.2) is 4.79 Å². The fourth-order valence-corrected chi connectivity index (χ4v) is 3.84. The van der Waals surface area contributed by atoms with E-state index >= 15 is 0 Å². The second kappa shape index (κ2) is 9.07. The molecule has 2 heterocycles. The first-order valence-corrected chi connectivity index (χ1v) is 10.6. The van der Waals surface area contributed by atoms with Crippen molar-refractivity contribution in [3.63, 3.8) is 0 Å². The van der Waals surface area contributed by atoms with Gasteiger partial charge in [0.05, 0.1) is 17.4 Å². The van der Waals surface area contributed by atoms with Crippen LogP contribution in [0.3, 0.4) is 0 Å².